The zero-order chi connectivity index (χ0) is 27.5. The normalized spacial score (nSPS) is 15.3. The highest BCUT2D eigenvalue weighted by atomic mass is 32.1. The summed E-state index contributed by atoms with van der Waals surface area (Å²) in [5.41, 5.74) is 13.5. The van der Waals surface area contributed by atoms with Gasteiger partial charge in [0.1, 0.15) is 18.1 Å². The molecule has 1 heterocycles. The molecular weight excluding hydrogens is 500 g/mol. The number of thiol groups is 1. The Morgan fingerprint density at radius 2 is 1.70 bits per heavy atom. The molecule has 13 heteroatoms. The fraction of sp³-hybridized carbons (Fsp3) is 0.500. The second-order valence-corrected chi connectivity index (χ2v) is 9.19. The predicted octanol–water partition coefficient (Wildman–Crippen LogP) is -0.984. The van der Waals surface area contributed by atoms with E-state index in [2.05, 4.69) is 33.6 Å². The van der Waals surface area contributed by atoms with Gasteiger partial charge in [-0.15, -0.1) is 0 Å². The first-order chi connectivity index (χ1) is 17.6. The van der Waals surface area contributed by atoms with E-state index in [1.54, 1.807) is 6.20 Å². The Hall–Kier alpha value is -3.13. The van der Waals surface area contributed by atoms with E-state index >= 15 is 0 Å². The van der Waals surface area contributed by atoms with Crippen molar-refractivity contribution in [3.63, 3.8) is 0 Å². The lowest BCUT2D eigenvalue weighted by Gasteiger charge is -2.26. The lowest BCUT2D eigenvalue weighted by Crippen LogP contribution is -2.60. The predicted molar refractivity (Wildman–Crippen MR) is 142 cm³/mol. The van der Waals surface area contributed by atoms with E-state index < -0.39 is 54.0 Å². The van der Waals surface area contributed by atoms with Gasteiger partial charge in [0.2, 0.25) is 17.7 Å². The third kappa shape index (κ3) is 8.74. The lowest BCUT2D eigenvalue weighted by atomic mass is 10.0. The molecular formula is C24H36N6O6S. The van der Waals surface area contributed by atoms with Crippen LogP contribution in [0.2, 0.25) is 0 Å². The number of hydrogen-bond donors (Lipinski definition) is 9. The Bertz CT molecular complexity index is 1080. The summed E-state index contributed by atoms with van der Waals surface area (Å²) in [6, 6.07) is 2.83. The van der Waals surface area contributed by atoms with Crippen molar-refractivity contribution in [1.82, 2.24) is 20.9 Å². The summed E-state index contributed by atoms with van der Waals surface area (Å²) in [5, 5.41) is 27.5. The third-order valence-corrected chi connectivity index (χ3v) is 6.26. The van der Waals surface area contributed by atoms with Gasteiger partial charge in [0, 0.05) is 22.9 Å². The number of rotatable bonds is 15. The van der Waals surface area contributed by atoms with Crippen LogP contribution in [-0.2, 0) is 25.6 Å². The van der Waals surface area contributed by atoms with Crippen molar-refractivity contribution in [1.29, 1.82) is 0 Å². The van der Waals surface area contributed by atoms with Crippen LogP contribution in [-0.4, -0.2) is 81.5 Å². The number of carboxylic acid groups (broad SMARTS) is 1. The second-order valence-electron chi connectivity index (χ2n) is 8.82. The fourth-order valence-electron chi connectivity index (χ4n) is 3.78. The SMILES string of the molecule is C[C@@H](O)[C@H](NC(=O)[C@H](CCCCN)NC(=O)[C@H](N)Cc1c[nH]c2ccccc12)C(=O)N[C@@H](CS)C(=O)O. The van der Waals surface area contributed by atoms with Crippen LogP contribution in [0.3, 0.4) is 0 Å². The van der Waals surface area contributed by atoms with Gasteiger partial charge < -0.3 is 42.6 Å². The minimum Gasteiger partial charge on any atom is -0.480 e. The lowest BCUT2D eigenvalue weighted by molar-refractivity contribution is -0.142. The molecule has 1 aromatic carbocycles. The Labute approximate surface area is 220 Å². The van der Waals surface area contributed by atoms with Gasteiger partial charge in [-0.1, -0.05) is 18.2 Å². The van der Waals surface area contributed by atoms with Gasteiger partial charge in [-0.25, -0.2) is 4.79 Å². The van der Waals surface area contributed by atoms with E-state index in [0.29, 0.717) is 19.4 Å². The number of nitrogens with two attached hydrogens (primary N) is 2. The molecule has 0 radical (unpaired) electrons. The summed E-state index contributed by atoms with van der Waals surface area (Å²) in [4.78, 5) is 52.9. The van der Waals surface area contributed by atoms with Gasteiger partial charge in [0.15, 0.2) is 0 Å². The third-order valence-electron chi connectivity index (χ3n) is 5.89. The molecule has 0 unspecified atom stereocenters. The average molecular weight is 537 g/mol. The maximum absolute atomic E-state index is 13.1. The van der Waals surface area contributed by atoms with Crippen molar-refractivity contribution >= 4 is 47.2 Å². The van der Waals surface area contributed by atoms with Crippen molar-refractivity contribution in [2.45, 2.75) is 62.9 Å². The van der Waals surface area contributed by atoms with Crippen LogP contribution < -0.4 is 27.4 Å². The molecule has 0 bridgehead atoms. The van der Waals surface area contributed by atoms with Crippen LogP contribution in [0, 0.1) is 0 Å². The Morgan fingerprint density at radius 1 is 1.03 bits per heavy atom. The van der Waals surface area contributed by atoms with Crippen molar-refractivity contribution < 1.29 is 29.4 Å². The van der Waals surface area contributed by atoms with Gasteiger partial charge in [-0.3, -0.25) is 14.4 Å². The number of nitrogens with one attached hydrogen (secondary N) is 4. The number of amides is 3. The number of aromatic nitrogens is 1. The van der Waals surface area contributed by atoms with E-state index in [9.17, 15) is 24.3 Å². The summed E-state index contributed by atoms with van der Waals surface area (Å²) in [6.45, 7) is 1.67. The average Bonchev–Trinajstić information content (AvgIpc) is 3.27. The first kappa shape index (κ1) is 30.1. The molecule has 12 nitrogen and oxygen atoms in total. The fourth-order valence-corrected chi connectivity index (χ4v) is 4.02. The highest BCUT2D eigenvalue weighted by Gasteiger charge is 2.32. The molecule has 0 saturated carbocycles. The number of para-hydroxylation sites is 1. The quantitative estimate of drug-likeness (QED) is 0.102. The number of aliphatic carboxylic acids is 1. The molecule has 10 N–H and O–H groups in total. The number of unbranched alkanes of at least 4 members (excludes halogenated alkanes) is 1. The Balaban J connectivity index is 2.10. The summed E-state index contributed by atoms with van der Waals surface area (Å²) in [5.74, 6) is -3.67. The summed E-state index contributed by atoms with van der Waals surface area (Å²) in [7, 11) is 0. The highest BCUT2D eigenvalue weighted by Crippen LogP contribution is 2.19. The first-order valence-electron chi connectivity index (χ1n) is 12.0. The number of fused-ring (bicyclic) bond motifs is 1. The molecule has 0 spiro atoms. The van der Waals surface area contributed by atoms with Crippen molar-refractivity contribution in [3.8, 4) is 0 Å². The van der Waals surface area contributed by atoms with E-state index in [1.165, 1.54) is 6.92 Å². The van der Waals surface area contributed by atoms with Gasteiger partial charge >= 0.3 is 5.97 Å². The second kappa shape index (κ2) is 14.6. The van der Waals surface area contributed by atoms with Crippen LogP contribution >= 0.6 is 12.6 Å². The number of aliphatic hydroxyl groups excluding tert-OH is 1. The largest absolute Gasteiger partial charge is 0.480 e. The molecule has 204 valence electrons. The van der Waals surface area contributed by atoms with Gasteiger partial charge in [-0.05, 0) is 50.8 Å². The monoisotopic (exact) mass is 536 g/mol. The Morgan fingerprint density at radius 3 is 2.32 bits per heavy atom. The van der Waals surface area contributed by atoms with E-state index in [4.69, 9.17) is 16.6 Å². The maximum atomic E-state index is 13.1. The number of H-pyrrole nitrogens is 1. The molecule has 37 heavy (non-hydrogen) atoms. The number of benzene rings is 1. The van der Waals surface area contributed by atoms with E-state index in [0.717, 1.165) is 16.5 Å². The number of hydrogen-bond acceptors (Lipinski definition) is 8. The molecule has 2 aromatic rings. The zero-order valence-corrected chi connectivity index (χ0v) is 21.5. The van der Waals surface area contributed by atoms with E-state index in [1.807, 2.05) is 24.3 Å². The van der Waals surface area contributed by atoms with Crippen LogP contribution in [0.4, 0.5) is 0 Å². The number of carbonyl (C=O) groups excluding carboxylic acids is 3. The Kier molecular flexibility index (Phi) is 11.9. The molecule has 0 fully saturated rings. The number of aliphatic hydroxyl groups is 1. The maximum Gasteiger partial charge on any atom is 0.327 e. The van der Waals surface area contributed by atoms with Gasteiger partial charge in [0.25, 0.3) is 0 Å². The van der Waals surface area contributed by atoms with Crippen LogP contribution in [0.15, 0.2) is 30.5 Å². The molecule has 5 atom stereocenters. The summed E-state index contributed by atoms with van der Waals surface area (Å²) in [6.07, 6.45) is 2.00. The van der Waals surface area contributed by atoms with Crippen molar-refractivity contribution in [2.24, 2.45) is 11.5 Å². The van der Waals surface area contributed by atoms with E-state index in [-0.39, 0.29) is 18.6 Å². The smallest absolute Gasteiger partial charge is 0.327 e. The first-order valence-corrected chi connectivity index (χ1v) is 12.7. The topological polar surface area (TPSA) is 213 Å². The molecule has 3 amide bonds. The molecule has 0 aliphatic carbocycles. The minimum absolute atomic E-state index is 0.187. The minimum atomic E-state index is -1.46. The van der Waals surface area contributed by atoms with Crippen molar-refractivity contribution in [2.75, 3.05) is 12.3 Å². The standard InChI is InChI=1S/C24H36N6O6S/c1-13(31)20(23(34)29-19(12-37)24(35)36)30-22(33)18(8-4-5-9-25)28-21(32)16(26)10-14-11-27-17-7-3-2-6-15(14)17/h2-3,6-7,11,13,16,18-20,27,31,37H,4-5,8-10,12,25-26H2,1H3,(H,28,32)(H,29,34)(H,30,33)(H,35,36)/t13-,16-,18+,19+,20+/m1/s1. The highest BCUT2D eigenvalue weighted by molar-refractivity contribution is 7.80. The van der Waals surface area contributed by atoms with Crippen LogP contribution in [0.25, 0.3) is 10.9 Å². The number of carboxylic acids is 1. The van der Waals surface area contributed by atoms with Gasteiger partial charge in [-0.2, -0.15) is 12.6 Å². The van der Waals surface area contributed by atoms with Crippen LogP contribution in [0.5, 0.6) is 0 Å². The number of carbonyl (C=O) groups is 4. The van der Waals surface area contributed by atoms with Crippen molar-refractivity contribution in [3.05, 3.63) is 36.0 Å². The number of aromatic amines is 1. The molecule has 0 saturated heterocycles. The zero-order valence-electron chi connectivity index (χ0n) is 20.6. The summed E-state index contributed by atoms with van der Waals surface area (Å²) >= 11 is 3.89. The van der Waals surface area contributed by atoms with Gasteiger partial charge in [0.05, 0.1) is 12.1 Å². The van der Waals surface area contributed by atoms with Crippen LogP contribution in [0.1, 0.15) is 31.7 Å². The molecule has 0 aliphatic heterocycles. The molecule has 2 rings (SSSR count). The summed E-state index contributed by atoms with van der Waals surface area (Å²) < 4.78 is 0. The molecule has 0 aliphatic rings. The molecule has 1 aromatic heterocycles.